The predicted molar refractivity (Wildman–Crippen MR) is 74.8 cm³/mol. The van der Waals surface area contributed by atoms with Crippen molar-refractivity contribution in [2.24, 2.45) is 5.92 Å². The fraction of sp³-hybridized carbons (Fsp3) is 0.625. The zero-order chi connectivity index (χ0) is 12.5. The molecule has 0 aromatic heterocycles. The summed E-state index contributed by atoms with van der Waals surface area (Å²) in [7, 11) is 0. The Kier molecular flexibility index (Phi) is 3.29. The zero-order valence-corrected chi connectivity index (χ0v) is 11.2. The van der Waals surface area contributed by atoms with Crippen LogP contribution in [0.25, 0.3) is 0 Å². The molecular weight excluding hydrogens is 222 g/mol. The number of aliphatic hydroxyl groups excluding tert-OH is 1. The van der Waals surface area contributed by atoms with Crippen molar-refractivity contribution in [1.82, 2.24) is 0 Å². The average molecular weight is 245 g/mol. The predicted octanol–water partition coefficient (Wildman–Crippen LogP) is 3.51. The van der Waals surface area contributed by atoms with Crippen LogP contribution in [0.5, 0.6) is 0 Å². The number of rotatable bonds is 2. The summed E-state index contributed by atoms with van der Waals surface area (Å²) in [4.78, 5) is 2.59. The third-order valence-corrected chi connectivity index (χ3v) is 4.72. The number of anilines is 1. The van der Waals surface area contributed by atoms with Gasteiger partial charge in [0.15, 0.2) is 0 Å². The Bertz CT molecular complexity index is 398. The monoisotopic (exact) mass is 245 g/mol. The summed E-state index contributed by atoms with van der Waals surface area (Å²) in [6.45, 7) is 3.03. The largest absolute Gasteiger partial charge is 0.389 e. The van der Waals surface area contributed by atoms with Crippen molar-refractivity contribution in [3.8, 4) is 0 Å². The van der Waals surface area contributed by atoms with Gasteiger partial charge >= 0.3 is 0 Å². The van der Waals surface area contributed by atoms with Gasteiger partial charge in [0.1, 0.15) is 0 Å². The van der Waals surface area contributed by atoms with Gasteiger partial charge < -0.3 is 10.0 Å². The van der Waals surface area contributed by atoms with Crippen molar-refractivity contribution in [2.75, 3.05) is 11.4 Å². The van der Waals surface area contributed by atoms with Gasteiger partial charge in [-0.1, -0.05) is 25.0 Å². The van der Waals surface area contributed by atoms with Gasteiger partial charge in [0.05, 0.1) is 6.10 Å². The fourth-order valence-electron chi connectivity index (χ4n) is 3.67. The molecule has 2 heteroatoms. The molecule has 1 heterocycles. The summed E-state index contributed by atoms with van der Waals surface area (Å²) >= 11 is 0. The van der Waals surface area contributed by atoms with Crippen LogP contribution in [-0.4, -0.2) is 17.7 Å². The van der Waals surface area contributed by atoms with E-state index in [0.717, 1.165) is 17.5 Å². The molecule has 0 amide bonds. The van der Waals surface area contributed by atoms with Crippen LogP contribution in [0, 0.1) is 5.92 Å². The van der Waals surface area contributed by atoms with Gasteiger partial charge in [-0.2, -0.15) is 0 Å². The topological polar surface area (TPSA) is 23.5 Å². The second-order valence-electron chi connectivity index (χ2n) is 5.86. The first-order valence-electron chi connectivity index (χ1n) is 7.30. The first-order valence-corrected chi connectivity index (χ1v) is 7.30. The maximum absolute atomic E-state index is 9.55. The summed E-state index contributed by atoms with van der Waals surface area (Å²) in [5, 5.41) is 9.55. The molecule has 1 aliphatic carbocycles. The Morgan fingerprint density at radius 3 is 2.56 bits per heavy atom. The van der Waals surface area contributed by atoms with Gasteiger partial charge in [0.25, 0.3) is 0 Å². The lowest BCUT2D eigenvalue weighted by molar-refractivity contribution is 0.199. The summed E-state index contributed by atoms with van der Waals surface area (Å²) in [5.74, 6) is 0.926. The molecule has 1 N–H and O–H groups in total. The Morgan fingerprint density at radius 1 is 1.11 bits per heavy atom. The molecule has 2 aliphatic rings. The highest BCUT2D eigenvalue weighted by molar-refractivity contribution is 5.50. The van der Waals surface area contributed by atoms with Crippen LogP contribution in [0.2, 0.25) is 0 Å². The molecule has 2 fully saturated rings. The fourth-order valence-corrected chi connectivity index (χ4v) is 3.67. The van der Waals surface area contributed by atoms with Crippen LogP contribution in [0.15, 0.2) is 24.3 Å². The maximum Gasteiger partial charge on any atom is 0.0761 e. The number of benzene rings is 1. The lowest BCUT2D eigenvalue weighted by Gasteiger charge is -2.33. The van der Waals surface area contributed by atoms with Gasteiger partial charge in [-0.25, -0.2) is 0 Å². The summed E-state index contributed by atoms with van der Waals surface area (Å²) in [6, 6.07) is 9.26. The van der Waals surface area contributed by atoms with E-state index >= 15 is 0 Å². The third-order valence-electron chi connectivity index (χ3n) is 4.72. The van der Waals surface area contributed by atoms with Crippen LogP contribution in [0.4, 0.5) is 5.69 Å². The van der Waals surface area contributed by atoms with E-state index in [1.807, 2.05) is 6.92 Å². The van der Waals surface area contributed by atoms with Crippen molar-refractivity contribution in [1.29, 1.82) is 0 Å². The first-order chi connectivity index (χ1) is 8.75. The molecule has 2 unspecified atom stereocenters. The van der Waals surface area contributed by atoms with E-state index in [1.54, 1.807) is 0 Å². The molecule has 0 radical (unpaired) electrons. The summed E-state index contributed by atoms with van der Waals surface area (Å²) in [6.07, 6.45) is 6.61. The van der Waals surface area contributed by atoms with Gasteiger partial charge in [-0.3, -0.25) is 0 Å². The highest BCUT2D eigenvalue weighted by Gasteiger charge is 2.35. The molecule has 3 rings (SSSR count). The number of hydrogen-bond acceptors (Lipinski definition) is 2. The van der Waals surface area contributed by atoms with E-state index in [2.05, 4.69) is 29.2 Å². The second kappa shape index (κ2) is 4.93. The molecular formula is C16H23NO. The van der Waals surface area contributed by atoms with Crippen molar-refractivity contribution < 1.29 is 5.11 Å². The summed E-state index contributed by atoms with van der Waals surface area (Å²) in [5.41, 5.74) is 2.35. The quantitative estimate of drug-likeness (QED) is 0.862. The van der Waals surface area contributed by atoms with E-state index in [0.29, 0.717) is 0 Å². The van der Waals surface area contributed by atoms with Gasteiger partial charge in [0.2, 0.25) is 0 Å². The van der Waals surface area contributed by atoms with Gasteiger partial charge in [-0.05, 0) is 49.8 Å². The Labute approximate surface area is 110 Å². The normalized spacial score (nSPS) is 29.1. The molecule has 3 atom stereocenters. The molecule has 1 aromatic rings. The molecule has 98 valence electrons. The van der Waals surface area contributed by atoms with Gasteiger partial charge in [-0.15, -0.1) is 0 Å². The number of nitrogens with zero attached hydrogens (tertiary/aromatic N) is 1. The summed E-state index contributed by atoms with van der Waals surface area (Å²) < 4.78 is 0. The molecule has 1 saturated heterocycles. The van der Waals surface area contributed by atoms with Crippen molar-refractivity contribution in [3.05, 3.63) is 29.8 Å². The molecule has 0 spiro atoms. The van der Waals surface area contributed by atoms with Crippen LogP contribution in [0.3, 0.4) is 0 Å². The number of aliphatic hydroxyl groups is 1. The zero-order valence-electron chi connectivity index (χ0n) is 11.2. The van der Waals surface area contributed by atoms with E-state index in [9.17, 15) is 5.11 Å². The van der Waals surface area contributed by atoms with Crippen LogP contribution in [-0.2, 0) is 0 Å². The van der Waals surface area contributed by atoms with E-state index in [-0.39, 0.29) is 6.10 Å². The lowest BCUT2D eigenvalue weighted by Crippen LogP contribution is -2.34. The lowest BCUT2D eigenvalue weighted by atomic mass is 9.85. The first kappa shape index (κ1) is 12.0. The smallest absolute Gasteiger partial charge is 0.0761 e. The Morgan fingerprint density at radius 2 is 1.83 bits per heavy atom. The molecule has 1 saturated carbocycles. The van der Waals surface area contributed by atoms with Crippen LogP contribution in [0.1, 0.15) is 50.7 Å². The molecule has 18 heavy (non-hydrogen) atoms. The maximum atomic E-state index is 9.55. The van der Waals surface area contributed by atoms with E-state index in [4.69, 9.17) is 0 Å². The molecule has 2 nitrogen and oxygen atoms in total. The van der Waals surface area contributed by atoms with Crippen molar-refractivity contribution >= 4 is 5.69 Å². The highest BCUT2D eigenvalue weighted by atomic mass is 16.3. The Balaban J connectivity index is 1.78. The SMILES string of the molecule is C[C@@H](O)c1ccc(N2CCC3CCCCC32)cc1. The average Bonchev–Trinajstić information content (AvgIpc) is 2.82. The highest BCUT2D eigenvalue weighted by Crippen LogP contribution is 2.38. The van der Waals surface area contributed by atoms with Crippen LogP contribution >= 0.6 is 0 Å². The molecule has 1 aliphatic heterocycles. The minimum Gasteiger partial charge on any atom is -0.389 e. The molecule has 0 bridgehead atoms. The minimum atomic E-state index is -0.361. The standard InChI is InChI=1S/C16H23NO/c1-12(18)13-6-8-15(9-7-13)17-11-10-14-4-2-3-5-16(14)17/h6-9,12,14,16,18H,2-5,10-11H2,1H3/t12-,14?,16?/m1/s1. The van der Waals surface area contributed by atoms with Crippen LogP contribution < -0.4 is 4.90 Å². The van der Waals surface area contributed by atoms with Gasteiger partial charge in [0, 0.05) is 18.3 Å². The number of fused-ring (bicyclic) bond motifs is 1. The van der Waals surface area contributed by atoms with E-state index < -0.39 is 0 Å². The van der Waals surface area contributed by atoms with Crippen molar-refractivity contribution in [3.63, 3.8) is 0 Å². The third kappa shape index (κ3) is 2.14. The van der Waals surface area contributed by atoms with Crippen molar-refractivity contribution in [2.45, 2.75) is 51.2 Å². The second-order valence-corrected chi connectivity index (χ2v) is 5.86. The number of hydrogen-bond donors (Lipinski definition) is 1. The molecule has 1 aromatic carbocycles. The van der Waals surface area contributed by atoms with E-state index in [1.165, 1.54) is 44.3 Å². The minimum absolute atomic E-state index is 0.361. The Hall–Kier alpha value is -1.02.